The number of halogens is 1. The third-order valence-corrected chi connectivity index (χ3v) is 1.93. The average Bonchev–Trinajstić information content (AvgIpc) is 1.81. The summed E-state index contributed by atoms with van der Waals surface area (Å²) in [6, 6.07) is 0. The number of alkyl halides is 1. The molecule has 0 aromatic heterocycles. The number of hydrogen-bond acceptors (Lipinski definition) is 0. The van der Waals surface area contributed by atoms with Gasteiger partial charge in [-0.15, -0.1) is 0 Å². The Morgan fingerprint density at radius 2 is 1.90 bits per heavy atom. The lowest BCUT2D eigenvalue weighted by atomic mass is 9.96. The molecule has 0 amide bonds. The van der Waals surface area contributed by atoms with Crippen LogP contribution in [0.5, 0.6) is 0 Å². The maximum atomic E-state index is 12.9. The average molecular weight is 146 g/mol. The van der Waals surface area contributed by atoms with Crippen LogP contribution in [0.15, 0.2) is 0 Å². The van der Waals surface area contributed by atoms with Crippen molar-refractivity contribution in [3.8, 4) is 0 Å². The molecule has 0 heterocycles. The van der Waals surface area contributed by atoms with E-state index in [0.717, 1.165) is 12.8 Å². The Morgan fingerprint density at radius 3 is 2.20 bits per heavy atom. The fraction of sp³-hybridized carbons (Fsp3) is 1.00. The van der Waals surface area contributed by atoms with Gasteiger partial charge in [-0.1, -0.05) is 20.3 Å². The van der Waals surface area contributed by atoms with Crippen LogP contribution in [0.3, 0.4) is 0 Å². The van der Waals surface area contributed by atoms with E-state index in [-0.39, 0.29) is 0 Å². The lowest BCUT2D eigenvalue weighted by Crippen LogP contribution is -2.12. The Hall–Kier alpha value is -0.0700. The lowest BCUT2D eigenvalue weighted by Gasteiger charge is -2.16. The van der Waals surface area contributed by atoms with Crippen LogP contribution in [0.1, 0.15) is 47.0 Å². The maximum Gasteiger partial charge on any atom is 0.105 e. The van der Waals surface area contributed by atoms with E-state index in [0.29, 0.717) is 12.3 Å². The Balaban J connectivity index is 3.36. The molecule has 0 aromatic rings. The molecule has 0 bridgehead atoms. The standard InChI is InChI=1S/C9H19F/c1-5-8(2)6-7-9(3,4)10/h8H,5-7H2,1-4H3/t8-/m0/s1. The van der Waals surface area contributed by atoms with E-state index in [4.69, 9.17) is 0 Å². The molecule has 0 N–H and O–H groups in total. The van der Waals surface area contributed by atoms with Gasteiger partial charge < -0.3 is 0 Å². The molecule has 0 radical (unpaired) electrons. The van der Waals surface area contributed by atoms with E-state index in [1.165, 1.54) is 0 Å². The summed E-state index contributed by atoms with van der Waals surface area (Å²) in [5.41, 5.74) is -0.969. The molecule has 0 aliphatic carbocycles. The van der Waals surface area contributed by atoms with E-state index in [1.807, 2.05) is 0 Å². The summed E-state index contributed by atoms with van der Waals surface area (Å²) in [5.74, 6) is 0.676. The van der Waals surface area contributed by atoms with E-state index >= 15 is 0 Å². The molecule has 0 nitrogen and oxygen atoms in total. The SMILES string of the molecule is CC[C@H](C)CCC(C)(C)F. The van der Waals surface area contributed by atoms with Crippen molar-refractivity contribution in [3.05, 3.63) is 0 Å². The highest BCUT2D eigenvalue weighted by molar-refractivity contribution is 4.66. The molecule has 0 saturated carbocycles. The predicted molar refractivity (Wildman–Crippen MR) is 43.9 cm³/mol. The van der Waals surface area contributed by atoms with Gasteiger partial charge in [0.25, 0.3) is 0 Å². The van der Waals surface area contributed by atoms with Crippen molar-refractivity contribution >= 4 is 0 Å². The van der Waals surface area contributed by atoms with Gasteiger partial charge in [0.15, 0.2) is 0 Å². The maximum absolute atomic E-state index is 12.9. The molecular formula is C9H19F. The van der Waals surface area contributed by atoms with Crippen molar-refractivity contribution in [2.24, 2.45) is 5.92 Å². The van der Waals surface area contributed by atoms with Crippen molar-refractivity contribution in [1.82, 2.24) is 0 Å². The molecule has 10 heavy (non-hydrogen) atoms. The Labute approximate surface area is 63.8 Å². The van der Waals surface area contributed by atoms with Crippen LogP contribution in [0.4, 0.5) is 4.39 Å². The van der Waals surface area contributed by atoms with Gasteiger partial charge in [-0.3, -0.25) is 0 Å². The Morgan fingerprint density at radius 1 is 1.40 bits per heavy atom. The zero-order valence-electron chi connectivity index (χ0n) is 7.58. The van der Waals surface area contributed by atoms with Gasteiger partial charge in [0.05, 0.1) is 0 Å². The molecule has 1 atom stereocenters. The first-order valence-corrected chi connectivity index (χ1v) is 4.14. The molecule has 0 saturated heterocycles. The number of hydrogen-bond donors (Lipinski definition) is 0. The van der Waals surface area contributed by atoms with Gasteiger partial charge >= 0.3 is 0 Å². The summed E-state index contributed by atoms with van der Waals surface area (Å²) in [7, 11) is 0. The highest BCUT2D eigenvalue weighted by atomic mass is 19.1. The summed E-state index contributed by atoms with van der Waals surface area (Å²) < 4.78 is 12.9. The first-order chi connectivity index (χ1) is 4.45. The van der Waals surface area contributed by atoms with E-state index in [2.05, 4.69) is 13.8 Å². The topological polar surface area (TPSA) is 0 Å². The van der Waals surface area contributed by atoms with Crippen LogP contribution in [0.25, 0.3) is 0 Å². The summed E-state index contributed by atoms with van der Waals surface area (Å²) in [5, 5.41) is 0. The minimum atomic E-state index is -0.969. The fourth-order valence-corrected chi connectivity index (χ4v) is 0.794. The summed E-state index contributed by atoms with van der Waals surface area (Å²) in [6.07, 6.45) is 2.87. The molecule has 0 fully saturated rings. The largest absolute Gasteiger partial charge is 0.245 e. The van der Waals surface area contributed by atoms with Gasteiger partial charge in [-0.2, -0.15) is 0 Å². The second kappa shape index (κ2) is 3.95. The van der Waals surface area contributed by atoms with E-state index in [1.54, 1.807) is 13.8 Å². The van der Waals surface area contributed by atoms with Gasteiger partial charge in [-0.05, 0) is 32.6 Å². The van der Waals surface area contributed by atoms with Gasteiger partial charge in [0.1, 0.15) is 5.67 Å². The van der Waals surface area contributed by atoms with Crippen molar-refractivity contribution in [1.29, 1.82) is 0 Å². The van der Waals surface area contributed by atoms with Crippen molar-refractivity contribution < 1.29 is 4.39 Å². The van der Waals surface area contributed by atoms with Crippen LogP contribution in [-0.4, -0.2) is 5.67 Å². The molecule has 0 unspecified atom stereocenters. The summed E-state index contributed by atoms with van der Waals surface area (Å²) in [4.78, 5) is 0. The predicted octanol–water partition coefficient (Wildman–Crippen LogP) is 3.56. The first-order valence-electron chi connectivity index (χ1n) is 4.14. The fourth-order valence-electron chi connectivity index (χ4n) is 0.794. The third-order valence-electron chi connectivity index (χ3n) is 1.93. The second-order valence-electron chi connectivity index (χ2n) is 3.77. The monoisotopic (exact) mass is 146 g/mol. The van der Waals surface area contributed by atoms with Crippen LogP contribution in [0.2, 0.25) is 0 Å². The first kappa shape index (κ1) is 9.93. The molecule has 1 heteroatoms. The Kier molecular flexibility index (Phi) is 3.92. The molecule has 0 aromatic carbocycles. The molecule has 0 spiro atoms. The lowest BCUT2D eigenvalue weighted by molar-refractivity contribution is 0.187. The van der Waals surface area contributed by atoms with Crippen LogP contribution in [0, 0.1) is 5.92 Å². The second-order valence-corrected chi connectivity index (χ2v) is 3.77. The van der Waals surface area contributed by atoms with Gasteiger partial charge in [-0.25, -0.2) is 4.39 Å². The molecule has 62 valence electrons. The highest BCUT2D eigenvalue weighted by Crippen LogP contribution is 2.20. The summed E-state index contributed by atoms with van der Waals surface area (Å²) in [6.45, 7) is 7.62. The van der Waals surface area contributed by atoms with Crippen molar-refractivity contribution in [2.45, 2.75) is 52.6 Å². The molecule has 0 aliphatic heterocycles. The van der Waals surface area contributed by atoms with E-state index in [9.17, 15) is 4.39 Å². The molecule has 0 rings (SSSR count). The number of rotatable bonds is 4. The smallest absolute Gasteiger partial charge is 0.105 e. The molecular weight excluding hydrogens is 127 g/mol. The zero-order chi connectivity index (χ0) is 8.20. The van der Waals surface area contributed by atoms with E-state index < -0.39 is 5.67 Å². The van der Waals surface area contributed by atoms with Crippen LogP contribution >= 0.6 is 0 Å². The van der Waals surface area contributed by atoms with Crippen LogP contribution in [-0.2, 0) is 0 Å². The van der Waals surface area contributed by atoms with Crippen molar-refractivity contribution in [3.63, 3.8) is 0 Å². The minimum Gasteiger partial charge on any atom is -0.245 e. The van der Waals surface area contributed by atoms with Crippen LogP contribution < -0.4 is 0 Å². The quantitative estimate of drug-likeness (QED) is 0.569. The molecule has 0 aliphatic rings. The van der Waals surface area contributed by atoms with Crippen molar-refractivity contribution in [2.75, 3.05) is 0 Å². The third kappa shape index (κ3) is 6.06. The van der Waals surface area contributed by atoms with Gasteiger partial charge in [0, 0.05) is 0 Å². The normalized spacial score (nSPS) is 15.3. The summed E-state index contributed by atoms with van der Waals surface area (Å²) >= 11 is 0. The Bertz CT molecular complexity index is 81.2. The zero-order valence-corrected chi connectivity index (χ0v) is 7.58. The van der Waals surface area contributed by atoms with Gasteiger partial charge in [0.2, 0.25) is 0 Å². The minimum absolute atomic E-state index is 0.676. The highest BCUT2D eigenvalue weighted by Gasteiger charge is 2.15.